The van der Waals surface area contributed by atoms with E-state index in [4.69, 9.17) is 16.1 Å². The Labute approximate surface area is 143 Å². The maximum atomic E-state index is 12.3. The molecule has 0 radical (unpaired) electrons. The van der Waals surface area contributed by atoms with Crippen molar-refractivity contribution in [1.82, 2.24) is 10.1 Å². The smallest absolute Gasteiger partial charge is 0.358 e. The van der Waals surface area contributed by atoms with Gasteiger partial charge >= 0.3 is 5.97 Å². The van der Waals surface area contributed by atoms with E-state index in [0.29, 0.717) is 4.60 Å². The number of pyridine rings is 1. The minimum atomic E-state index is -0.852. The largest absolute Gasteiger partial charge is 0.464 e. The second kappa shape index (κ2) is 6.88. The van der Waals surface area contributed by atoms with Crippen LogP contribution in [0.4, 0.5) is 5.69 Å². The highest BCUT2D eigenvalue weighted by atomic mass is 79.9. The summed E-state index contributed by atoms with van der Waals surface area (Å²) in [4.78, 5) is 39.2. The summed E-state index contributed by atoms with van der Waals surface area (Å²) in [6, 6.07) is 2.57. The minimum Gasteiger partial charge on any atom is -0.464 e. The second-order valence-electron chi connectivity index (χ2n) is 4.23. The van der Waals surface area contributed by atoms with E-state index < -0.39 is 17.7 Å². The molecule has 0 saturated carbocycles. The lowest BCUT2D eigenvalue weighted by Crippen LogP contribution is -2.15. The van der Waals surface area contributed by atoms with Gasteiger partial charge in [0.2, 0.25) is 17.5 Å². The molecule has 8 nitrogen and oxygen atoms in total. The fourth-order valence-electron chi connectivity index (χ4n) is 1.65. The number of amides is 1. The van der Waals surface area contributed by atoms with Crippen LogP contribution >= 0.6 is 27.5 Å². The SMILES string of the molecule is COC(=O)c1nc(C(=O)c2cc(Br)no2)cc(NC(C)=O)c1Cl. The van der Waals surface area contributed by atoms with Crippen molar-refractivity contribution >= 4 is 50.9 Å². The molecule has 0 fully saturated rings. The van der Waals surface area contributed by atoms with Crippen LogP contribution in [0.1, 0.15) is 33.7 Å². The Bertz CT molecular complexity index is 805. The Morgan fingerprint density at radius 1 is 1.35 bits per heavy atom. The number of carbonyl (C=O) groups excluding carboxylic acids is 3. The number of rotatable bonds is 4. The molecule has 10 heteroatoms. The summed E-state index contributed by atoms with van der Waals surface area (Å²) in [6.07, 6.45) is 0. The van der Waals surface area contributed by atoms with E-state index in [-0.39, 0.29) is 27.9 Å². The fraction of sp³-hybridized carbons (Fsp3) is 0.154. The normalized spacial score (nSPS) is 10.3. The van der Waals surface area contributed by atoms with Gasteiger partial charge in [0.05, 0.1) is 17.8 Å². The molecule has 0 aromatic carbocycles. The molecule has 120 valence electrons. The van der Waals surface area contributed by atoms with Crippen molar-refractivity contribution in [3.05, 3.63) is 38.9 Å². The maximum absolute atomic E-state index is 12.3. The lowest BCUT2D eigenvalue weighted by Gasteiger charge is -2.10. The second-order valence-corrected chi connectivity index (χ2v) is 5.42. The van der Waals surface area contributed by atoms with Crippen molar-refractivity contribution in [3.63, 3.8) is 0 Å². The number of carbonyl (C=O) groups is 3. The molecular formula is C13H9BrClN3O5. The van der Waals surface area contributed by atoms with Gasteiger partial charge in [0.15, 0.2) is 5.69 Å². The summed E-state index contributed by atoms with van der Waals surface area (Å²) < 4.78 is 9.73. The van der Waals surface area contributed by atoms with Crippen LogP contribution in [0.25, 0.3) is 0 Å². The third-order valence-electron chi connectivity index (χ3n) is 2.58. The number of nitrogens with zero attached hydrogens (tertiary/aromatic N) is 2. The summed E-state index contributed by atoms with van der Waals surface area (Å²) in [5.74, 6) is -2.03. The molecule has 2 aromatic heterocycles. The van der Waals surface area contributed by atoms with E-state index in [0.717, 1.165) is 7.11 Å². The van der Waals surface area contributed by atoms with Crippen LogP contribution in [0.5, 0.6) is 0 Å². The standard InChI is InChI=1S/C13H9BrClN3O5/c1-5(19)16-6-3-7(12(20)8-4-9(14)18-23-8)17-11(10(6)15)13(21)22-2/h3-4H,1-2H3,(H,16,17,19). The molecule has 0 aliphatic rings. The van der Waals surface area contributed by atoms with E-state index in [2.05, 4.69) is 36.1 Å². The highest BCUT2D eigenvalue weighted by molar-refractivity contribution is 9.10. The van der Waals surface area contributed by atoms with E-state index in [1.54, 1.807) is 0 Å². The van der Waals surface area contributed by atoms with Gasteiger partial charge < -0.3 is 14.6 Å². The Hall–Kier alpha value is -2.26. The van der Waals surface area contributed by atoms with Crippen molar-refractivity contribution in [2.24, 2.45) is 0 Å². The van der Waals surface area contributed by atoms with Crippen LogP contribution < -0.4 is 5.32 Å². The Kier molecular flexibility index (Phi) is 5.12. The zero-order valence-corrected chi connectivity index (χ0v) is 14.2. The van der Waals surface area contributed by atoms with Gasteiger partial charge in [-0.1, -0.05) is 16.8 Å². The summed E-state index contributed by atoms with van der Waals surface area (Å²) >= 11 is 9.07. The van der Waals surface area contributed by atoms with Crippen LogP contribution in [0.2, 0.25) is 5.02 Å². The molecule has 2 rings (SSSR count). The first-order valence-corrected chi connectivity index (χ1v) is 7.24. The number of aromatic nitrogens is 2. The molecule has 1 amide bonds. The molecule has 0 unspecified atom stereocenters. The van der Waals surface area contributed by atoms with Crippen molar-refractivity contribution < 1.29 is 23.6 Å². The molecule has 2 heterocycles. The van der Waals surface area contributed by atoms with Gasteiger partial charge in [0.25, 0.3) is 0 Å². The molecule has 0 spiro atoms. The topological polar surface area (TPSA) is 111 Å². The average Bonchev–Trinajstić information content (AvgIpc) is 2.93. The van der Waals surface area contributed by atoms with E-state index in [1.807, 2.05) is 0 Å². The summed E-state index contributed by atoms with van der Waals surface area (Å²) in [5, 5.41) is 5.81. The molecule has 1 N–H and O–H groups in total. The fourth-order valence-corrected chi connectivity index (χ4v) is 2.15. The lowest BCUT2D eigenvalue weighted by molar-refractivity contribution is -0.114. The Morgan fingerprint density at radius 3 is 2.57 bits per heavy atom. The summed E-state index contributed by atoms with van der Waals surface area (Å²) in [5.41, 5.74) is -0.416. The summed E-state index contributed by atoms with van der Waals surface area (Å²) in [6.45, 7) is 1.25. The lowest BCUT2D eigenvalue weighted by atomic mass is 10.1. The quantitative estimate of drug-likeness (QED) is 0.617. The van der Waals surface area contributed by atoms with Gasteiger partial charge in [0.1, 0.15) is 10.3 Å². The third-order valence-corrected chi connectivity index (χ3v) is 3.34. The first-order chi connectivity index (χ1) is 10.8. The van der Waals surface area contributed by atoms with Gasteiger partial charge in [-0.15, -0.1) is 0 Å². The number of halogens is 2. The zero-order valence-electron chi connectivity index (χ0n) is 11.8. The molecule has 23 heavy (non-hydrogen) atoms. The van der Waals surface area contributed by atoms with Crippen molar-refractivity contribution in [1.29, 1.82) is 0 Å². The number of hydrogen-bond acceptors (Lipinski definition) is 7. The number of ketones is 1. The van der Waals surface area contributed by atoms with Crippen LogP contribution in [-0.2, 0) is 9.53 Å². The zero-order chi connectivity index (χ0) is 17.1. The van der Waals surface area contributed by atoms with Crippen molar-refractivity contribution in [3.8, 4) is 0 Å². The molecule has 0 aliphatic carbocycles. The average molecular weight is 403 g/mol. The number of hydrogen-bond donors (Lipinski definition) is 1. The first-order valence-electron chi connectivity index (χ1n) is 6.06. The predicted molar refractivity (Wildman–Crippen MR) is 82.5 cm³/mol. The van der Waals surface area contributed by atoms with E-state index >= 15 is 0 Å². The van der Waals surface area contributed by atoms with Gasteiger partial charge in [-0.3, -0.25) is 9.59 Å². The number of methoxy groups -OCH3 is 1. The third kappa shape index (κ3) is 3.74. The molecule has 2 aromatic rings. The van der Waals surface area contributed by atoms with Gasteiger partial charge in [0, 0.05) is 13.0 Å². The Balaban J connectivity index is 2.56. The van der Waals surface area contributed by atoms with Crippen LogP contribution in [0.3, 0.4) is 0 Å². The predicted octanol–water partition coefficient (Wildman–Crippen LogP) is 2.46. The molecular weight excluding hydrogens is 394 g/mol. The van der Waals surface area contributed by atoms with E-state index in [9.17, 15) is 14.4 Å². The minimum absolute atomic E-state index is 0.0523. The van der Waals surface area contributed by atoms with Gasteiger partial charge in [-0.05, 0) is 22.0 Å². The van der Waals surface area contributed by atoms with Gasteiger partial charge in [-0.25, -0.2) is 9.78 Å². The van der Waals surface area contributed by atoms with E-state index in [1.165, 1.54) is 19.1 Å². The van der Waals surface area contributed by atoms with Gasteiger partial charge in [-0.2, -0.15) is 0 Å². The molecule has 0 atom stereocenters. The van der Waals surface area contributed by atoms with Crippen LogP contribution in [0.15, 0.2) is 21.3 Å². The summed E-state index contributed by atoms with van der Waals surface area (Å²) in [7, 11) is 1.14. The van der Waals surface area contributed by atoms with Crippen molar-refractivity contribution in [2.75, 3.05) is 12.4 Å². The Morgan fingerprint density at radius 2 is 2.04 bits per heavy atom. The monoisotopic (exact) mass is 401 g/mol. The number of ether oxygens (including phenoxy) is 1. The molecule has 0 aliphatic heterocycles. The number of nitrogens with one attached hydrogen (secondary N) is 1. The number of esters is 1. The molecule has 0 bridgehead atoms. The van der Waals surface area contributed by atoms with Crippen LogP contribution in [-0.4, -0.2) is 34.9 Å². The highest BCUT2D eigenvalue weighted by Crippen LogP contribution is 2.27. The molecule has 0 saturated heterocycles. The van der Waals surface area contributed by atoms with Crippen LogP contribution in [0, 0.1) is 0 Å². The van der Waals surface area contributed by atoms with Crippen molar-refractivity contribution in [2.45, 2.75) is 6.92 Å². The highest BCUT2D eigenvalue weighted by Gasteiger charge is 2.24. The maximum Gasteiger partial charge on any atom is 0.358 e. The number of anilines is 1. The first kappa shape index (κ1) is 17.1.